The van der Waals surface area contributed by atoms with Gasteiger partial charge in [0.25, 0.3) is 0 Å². The molecule has 0 aromatic heterocycles. The molecule has 1 aliphatic heterocycles. The smallest absolute Gasteiger partial charge is 0.0702 e. The zero-order valence-electron chi connectivity index (χ0n) is 11.5. The molecule has 0 aromatic carbocycles. The van der Waals surface area contributed by atoms with E-state index in [-0.39, 0.29) is 5.54 Å². The molecule has 2 aliphatic rings. The van der Waals surface area contributed by atoms with Gasteiger partial charge in [-0.2, -0.15) is 0 Å². The van der Waals surface area contributed by atoms with Crippen molar-refractivity contribution in [3.05, 3.63) is 0 Å². The fourth-order valence-electron chi connectivity index (χ4n) is 3.85. The van der Waals surface area contributed by atoms with Crippen molar-refractivity contribution in [1.29, 1.82) is 0 Å². The Labute approximate surface area is 106 Å². The summed E-state index contributed by atoms with van der Waals surface area (Å²) in [4.78, 5) is 2.65. The summed E-state index contributed by atoms with van der Waals surface area (Å²) in [6, 6.07) is 0. The molecule has 0 aromatic rings. The Morgan fingerprint density at radius 2 is 2.18 bits per heavy atom. The van der Waals surface area contributed by atoms with Crippen LogP contribution in [0.5, 0.6) is 0 Å². The summed E-state index contributed by atoms with van der Waals surface area (Å²) in [5.74, 6) is 0.743. The molecule has 100 valence electrons. The summed E-state index contributed by atoms with van der Waals surface area (Å²) in [5.41, 5.74) is 6.40. The monoisotopic (exact) mass is 240 g/mol. The highest BCUT2D eigenvalue weighted by atomic mass is 16.5. The summed E-state index contributed by atoms with van der Waals surface area (Å²) in [5, 5.41) is 0. The number of hydrogen-bond acceptors (Lipinski definition) is 3. The standard InChI is InChI=1S/C14H28N2O/c1-3-17-13-7-5-9-16(10-13)14(11-15)8-4-6-12(14)2/h12-13H,3-11,15H2,1-2H3. The van der Waals surface area contributed by atoms with Gasteiger partial charge in [-0.15, -0.1) is 0 Å². The fourth-order valence-corrected chi connectivity index (χ4v) is 3.85. The second-order valence-corrected chi connectivity index (χ2v) is 5.77. The van der Waals surface area contributed by atoms with Crippen LogP contribution in [0.25, 0.3) is 0 Å². The van der Waals surface area contributed by atoms with Crippen molar-refractivity contribution in [1.82, 2.24) is 4.90 Å². The lowest BCUT2D eigenvalue weighted by Gasteiger charge is -2.47. The van der Waals surface area contributed by atoms with Gasteiger partial charge in [-0.3, -0.25) is 4.90 Å². The predicted octanol–water partition coefficient (Wildman–Crippen LogP) is 2.00. The first-order valence-electron chi connectivity index (χ1n) is 7.29. The predicted molar refractivity (Wildman–Crippen MR) is 71.0 cm³/mol. The number of hydrogen-bond donors (Lipinski definition) is 1. The Balaban J connectivity index is 2.04. The number of nitrogens with zero attached hydrogens (tertiary/aromatic N) is 1. The third-order valence-electron chi connectivity index (χ3n) is 4.93. The van der Waals surface area contributed by atoms with E-state index in [1.807, 2.05) is 0 Å². The zero-order valence-corrected chi connectivity index (χ0v) is 11.5. The van der Waals surface area contributed by atoms with Gasteiger partial charge in [0.1, 0.15) is 0 Å². The van der Waals surface area contributed by atoms with E-state index in [1.54, 1.807) is 0 Å². The van der Waals surface area contributed by atoms with Crippen molar-refractivity contribution in [3.63, 3.8) is 0 Å². The van der Waals surface area contributed by atoms with E-state index in [0.717, 1.165) is 25.6 Å². The van der Waals surface area contributed by atoms with E-state index in [9.17, 15) is 0 Å². The first-order valence-corrected chi connectivity index (χ1v) is 7.29. The minimum Gasteiger partial charge on any atom is -0.377 e. The highest BCUT2D eigenvalue weighted by Gasteiger charge is 2.45. The van der Waals surface area contributed by atoms with Gasteiger partial charge in [-0.05, 0) is 45.1 Å². The number of ether oxygens (including phenoxy) is 1. The molecule has 0 radical (unpaired) electrons. The maximum absolute atomic E-state index is 6.13. The van der Waals surface area contributed by atoms with E-state index in [0.29, 0.717) is 6.10 Å². The minimum absolute atomic E-state index is 0.274. The van der Waals surface area contributed by atoms with E-state index in [2.05, 4.69) is 18.7 Å². The Morgan fingerprint density at radius 3 is 2.76 bits per heavy atom. The van der Waals surface area contributed by atoms with Crippen molar-refractivity contribution >= 4 is 0 Å². The van der Waals surface area contributed by atoms with Crippen LogP contribution in [-0.2, 0) is 4.74 Å². The van der Waals surface area contributed by atoms with Crippen LogP contribution in [0.15, 0.2) is 0 Å². The maximum atomic E-state index is 6.13. The molecule has 3 nitrogen and oxygen atoms in total. The normalized spacial score (nSPS) is 39.7. The number of piperidine rings is 1. The second-order valence-electron chi connectivity index (χ2n) is 5.77. The number of nitrogens with two attached hydrogens (primary N) is 1. The number of likely N-dealkylation sites (tertiary alicyclic amines) is 1. The first-order chi connectivity index (χ1) is 8.23. The quantitative estimate of drug-likeness (QED) is 0.817. The van der Waals surface area contributed by atoms with Gasteiger partial charge < -0.3 is 10.5 Å². The van der Waals surface area contributed by atoms with E-state index < -0.39 is 0 Å². The molecular weight excluding hydrogens is 212 g/mol. The summed E-state index contributed by atoms with van der Waals surface area (Å²) in [6.07, 6.45) is 6.88. The summed E-state index contributed by atoms with van der Waals surface area (Å²) in [6.45, 7) is 8.43. The maximum Gasteiger partial charge on any atom is 0.0702 e. The second kappa shape index (κ2) is 5.68. The lowest BCUT2D eigenvalue weighted by Crippen LogP contribution is -2.59. The van der Waals surface area contributed by atoms with E-state index >= 15 is 0 Å². The molecule has 1 heterocycles. The molecule has 1 saturated carbocycles. The van der Waals surface area contributed by atoms with Crippen LogP contribution in [0.2, 0.25) is 0 Å². The van der Waals surface area contributed by atoms with Crippen LogP contribution in [0, 0.1) is 5.92 Å². The average Bonchev–Trinajstić information content (AvgIpc) is 2.72. The highest BCUT2D eigenvalue weighted by molar-refractivity contribution is 5.01. The van der Waals surface area contributed by atoms with Gasteiger partial charge in [-0.25, -0.2) is 0 Å². The minimum atomic E-state index is 0.274. The molecule has 2 rings (SSSR count). The molecular formula is C14H28N2O. The van der Waals surface area contributed by atoms with Crippen molar-refractivity contribution in [3.8, 4) is 0 Å². The van der Waals surface area contributed by atoms with Gasteiger partial charge in [-0.1, -0.05) is 13.3 Å². The molecule has 3 atom stereocenters. The molecule has 1 aliphatic carbocycles. The van der Waals surface area contributed by atoms with Crippen molar-refractivity contribution in [2.45, 2.75) is 57.6 Å². The van der Waals surface area contributed by atoms with Crippen LogP contribution in [0.3, 0.4) is 0 Å². The molecule has 17 heavy (non-hydrogen) atoms. The van der Waals surface area contributed by atoms with E-state index in [4.69, 9.17) is 10.5 Å². The molecule has 0 bridgehead atoms. The van der Waals surface area contributed by atoms with Crippen LogP contribution >= 0.6 is 0 Å². The lowest BCUT2D eigenvalue weighted by molar-refractivity contribution is -0.0420. The Bertz CT molecular complexity index is 244. The van der Waals surface area contributed by atoms with Gasteiger partial charge in [0.15, 0.2) is 0 Å². The van der Waals surface area contributed by atoms with Crippen LogP contribution in [0.4, 0.5) is 0 Å². The van der Waals surface area contributed by atoms with Gasteiger partial charge in [0.2, 0.25) is 0 Å². The van der Waals surface area contributed by atoms with Gasteiger partial charge in [0, 0.05) is 25.2 Å². The van der Waals surface area contributed by atoms with Crippen molar-refractivity contribution in [2.75, 3.05) is 26.2 Å². The Hall–Kier alpha value is -0.120. The summed E-state index contributed by atoms with van der Waals surface area (Å²) >= 11 is 0. The summed E-state index contributed by atoms with van der Waals surface area (Å²) < 4.78 is 5.81. The number of rotatable bonds is 4. The third kappa shape index (κ3) is 2.51. The SMILES string of the molecule is CCOC1CCCN(C2(CN)CCCC2C)C1. The molecule has 3 unspecified atom stereocenters. The van der Waals surface area contributed by atoms with Crippen molar-refractivity contribution in [2.24, 2.45) is 11.7 Å². The molecule has 3 heteroatoms. The topological polar surface area (TPSA) is 38.5 Å². The molecule has 2 N–H and O–H groups in total. The molecule has 0 spiro atoms. The highest BCUT2D eigenvalue weighted by Crippen LogP contribution is 2.40. The Kier molecular flexibility index (Phi) is 4.45. The molecule has 2 fully saturated rings. The molecule has 0 amide bonds. The van der Waals surface area contributed by atoms with Crippen LogP contribution in [0.1, 0.15) is 46.0 Å². The Morgan fingerprint density at radius 1 is 1.35 bits per heavy atom. The van der Waals surface area contributed by atoms with E-state index in [1.165, 1.54) is 38.6 Å². The third-order valence-corrected chi connectivity index (χ3v) is 4.93. The molecule has 1 saturated heterocycles. The van der Waals surface area contributed by atoms with Crippen molar-refractivity contribution < 1.29 is 4.74 Å². The lowest BCUT2D eigenvalue weighted by atomic mass is 9.84. The first kappa shape index (κ1) is 13.3. The van der Waals surface area contributed by atoms with Gasteiger partial charge >= 0.3 is 0 Å². The average molecular weight is 240 g/mol. The zero-order chi connectivity index (χ0) is 12.3. The largest absolute Gasteiger partial charge is 0.377 e. The van der Waals surface area contributed by atoms with Gasteiger partial charge in [0.05, 0.1) is 6.10 Å². The van der Waals surface area contributed by atoms with Crippen LogP contribution in [-0.4, -0.2) is 42.8 Å². The fraction of sp³-hybridized carbons (Fsp3) is 1.00. The van der Waals surface area contributed by atoms with Crippen LogP contribution < -0.4 is 5.73 Å². The summed E-state index contributed by atoms with van der Waals surface area (Å²) in [7, 11) is 0.